The molecule has 2 atom stereocenters. The summed E-state index contributed by atoms with van der Waals surface area (Å²) in [4.78, 5) is 0. The van der Waals surface area contributed by atoms with Crippen LogP contribution in [0.4, 0.5) is 0 Å². The second-order valence-corrected chi connectivity index (χ2v) is 4.05. The SMILES string of the molecule is Cc1cccc(C2CCNC2C)c1. The molecule has 2 unspecified atom stereocenters. The van der Waals surface area contributed by atoms with Crippen LogP contribution in [0.5, 0.6) is 0 Å². The van der Waals surface area contributed by atoms with Gasteiger partial charge in [0.15, 0.2) is 0 Å². The summed E-state index contributed by atoms with van der Waals surface area (Å²) in [7, 11) is 0. The number of hydrogen-bond acceptors (Lipinski definition) is 1. The van der Waals surface area contributed by atoms with Crippen LogP contribution in [0.3, 0.4) is 0 Å². The van der Waals surface area contributed by atoms with Crippen molar-refractivity contribution in [2.45, 2.75) is 32.2 Å². The van der Waals surface area contributed by atoms with E-state index in [0.717, 1.165) is 5.92 Å². The molecule has 1 aliphatic heterocycles. The van der Waals surface area contributed by atoms with Crippen LogP contribution in [0, 0.1) is 6.92 Å². The highest BCUT2D eigenvalue weighted by molar-refractivity contribution is 5.27. The highest BCUT2D eigenvalue weighted by atomic mass is 14.9. The highest BCUT2D eigenvalue weighted by Crippen LogP contribution is 2.27. The zero-order valence-electron chi connectivity index (χ0n) is 8.38. The van der Waals surface area contributed by atoms with Gasteiger partial charge < -0.3 is 5.32 Å². The molecule has 1 aromatic carbocycles. The standard InChI is InChI=1S/C12H17N/c1-9-4-3-5-11(8-9)12-6-7-13-10(12)2/h3-5,8,10,12-13H,6-7H2,1-2H3. The van der Waals surface area contributed by atoms with E-state index in [0.29, 0.717) is 6.04 Å². The molecule has 13 heavy (non-hydrogen) atoms. The van der Waals surface area contributed by atoms with E-state index in [2.05, 4.69) is 43.4 Å². The minimum absolute atomic E-state index is 0.641. The van der Waals surface area contributed by atoms with Gasteiger partial charge in [-0.05, 0) is 32.4 Å². The maximum Gasteiger partial charge on any atom is 0.0108 e. The number of hydrogen-bond donors (Lipinski definition) is 1. The zero-order valence-corrected chi connectivity index (χ0v) is 8.38. The van der Waals surface area contributed by atoms with Gasteiger partial charge in [-0.1, -0.05) is 29.8 Å². The van der Waals surface area contributed by atoms with Crippen LogP contribution in [0.25, 0.3) is 0 Å². The van der Waals surface area contributed by atoms with Crippen molar-refractivity contribution in [2.24, 2.45) is 0 Å². The number of nitrogens with one attached hydrogen (secondary N) is 1. The Morgan fingerprint density at radius 2 is 2.23 bits per heavy atom. The highest BCUT2D eigenvalue weighted by Gasteiger charge is 2.23. The summed E-state index contributed by atoms with van der Waals surface area (Å²) in [6.45, 7) is 5.61. The van der Waals surface area contributed by atoms with Gasteiger partial charge in [0, 0.05) is 12.0 Å². The first-order chi connectivity index (χ1) is 6.27. The molecule has 1 fully saturated rings. The molecule has 2 rings (SSSR count). The van der Waals surface area contributed by atoms with Crippen LogP contribution in [-0.4, -0.2) is 12.6 Å². The quantitative estimate of drug-likeness (QED) is 0.691. The lowest BCUT2D eigenvalue weighted by atomic mass is 9.92. The van der Waals surface area contributed by atoms with Crippen molar-refractivity contribution in [1.29, 1.82) is 0 Å². The average Bonchev–Trinajstić information content (AvgIpc) is 2.51. The minimum atomic E-state index is 0.641. The molecule has 1 heteroatoms. The van der Waals surface area contributed by atoms with E-state index in [9.17, 15) is 0 Å². The van der Waals surface area contributed by atoms with E-state index in [1.807, 2.05) is 0 Å². The van der Waals surface area contributed by atoms with Gasteiger partial charge in [0.25, 0.3) is 0 Å². The fourth-order valence-electron chi connectivity index (χ4n) is 2.21. The molecule has 0 aliphatic carbocycles. The molecular weight excluding hydrogens is 158 g/mol. The Morgan fingerprint density at radius 1 is 1.38 bits per heavy atom. The van der Waals surface area contributed by atoms with Crippen molar-refractivity contribution in [3.63, 3.8) is 0 Å². The summed E-state index contributed by atoms with van der Waals surface area (Å²) in [5, 5.41) is 3.49. The topological polar surface area (TPSA) is 12.0 Å². The Morgan fingerprint density at radius 3 is 2.85 bits per heavy atom. The third-order valence-electron chi connectivity index (χ3n) is 3.00. The summed E-state index contributed by atoms with van der Waals surface area (Å²) >= 11 is 0. The molecule has 1 N–H and O–H groups in total. The second kappa shape index (κ2) is 3.51. The van der Waals surface area contributed by atoms with Gasteiger partial charge in [-0.2, -0.15) is 0 Å². The molecule has 1 aromatic rings. The molecule has 0 spiro atoms. The summed E-state index contributed by atoms with van der Waals surface area (Å²) in [6, 6.07) is 9.53. The van der Waals surface area contributed by atoms with E-state index >= 15 is 0 Å². The molecule has 1 heterocycles. The van der Waals surface area contributed by atoms with Crippen LogP contribution in [0.1, 0.15) is 30.4 Å². The second-order valence-electron chi connectivity index (χ2n) is 4.05. The minimum Gasteiger partial charge on any atom is -0.314 e. The normalized spacial score (nSPS) is 27.8. The molecule has 1 aliphatic rings. The van der Waals surface area contributed by atoms with E-state index in [1.165, 1.54) is 24.1 Å². The Bertz CT molecular complexity index is 293. The first-order valence-electron chi connectivity index (χ1n) is 5.07. The van der Waals surface area contributed by atoms with Crippen molar-refractivity contribution in [3.05, 3.63) is 35.4 Å². The number of benzene rings is 1. The molecule has 0 radical (unpaired) electrons. The lowest BCUT2D eigenvalue weighted by molar-refractivity contribution is 0.594. The molecule has 0 aromatic heterocycles. The van der Waals surface area contributed by atoms with Gasteiger partial charge in [-0.3, -0.25) is 0 Å². The van der Waals surface area contributed by atoms with Gasteiger partial charge in [0.2, 0.25) is 0 Å². The van der Waals surface area contributed by atoms with Crippen molar-refractivity contribution >= 4 is 0 Å². The van der Waals surface area contributed by atoms with Crippen molar-refractivity contribution < 1.29 is 0 Å². The summed E-state index contributed by atoms with van der Waals surface area (Å²) in [6.07, 6.45) is 1.28. The van der Waals surface area contributed by atoms with E-state index < -0.39 is 0 Å². The first kappa shape index (κ1) is 8.76. The van der Waals surface area contributed by atoms with Crippen LogP contribution in [-0.2, 0) is 0 Å². The zero-order chi connectivity index (χ0) is 9.26. The van der Waals surface area contributed by atoms with Gasteiger partial charge in [-0.15, -0.1) is 0 Å². The first-order valence-corrected chi connectivity index (χ1v) is 5.07. The van der Waals surface area contributed by atoms with Gasteiger partial charge in [0.1, 0.15) is 0 Å². The van der Waals surface area contributed by atoms with Gasteiger partial charge >= 0.3 is 0 Å². The van der Waals surface area contributed by atoms with Crippen molar-refractivity contribution in [3.8, 4) is 0 Å². The number of rotatable bonds is 1. The van der Waals surface area contributed by atoms with Crippen LogP contribution >= 0.6 is 0 Å². The Kier molecular flexibility index (Phi) is 2.36. The van der Waals surface area contributed by atoms with E-state index in [-0.39, 0.29) is 0 Å². The van der Waals surface area contributed by atoms with Gasteiger partial charge in [0.05, 0.1) is 0 Å². The summed E-state index contributed by atoms with van der Waals surface area (Å²) < 4.78 is 0. The smallest absolute Gasteiger partial charge is 0.0108 e. The summed E-state index contributed by atoms with van der Waals surface area (Å²) in [5.74, 6) is 0.722. The van der Waals surface area contributed by atoms with Crippen LogP contribution < -0.4 is 5.32 Å². The van der Waals surface area contributed by atoms with Crippen molar-refractivity contribution in [2.75, 3.05) is 6.54 Å². The summed E-state index contributed by atoms with van der Waals surface area (Å²) in [5.41, 5.74) is 2.87. The van der Waals surface area contributed by atoms with Crippen molar-refractivity contribution in [1.82, 2.24) is 5.32 Å². The molecular formula is C12H17N. The monoisotopic (exact) mass is 175 g/mol. The lowest BCUT2D eigenvalue weighted by Gasteiger charge is -2.15. The van der Waals surface area contributed by atoms with Gasteiger partial charge in [-0.25, -0.2) is 0 Å². The maximum atomic E-state index is 3.49. The maximum absolute atomic E-state index is 3.49. The van der Waals surface area contributed by atoms with E-state index in [1.54, 1.807) is 0 Å². The average molecular weight is 175 g/mol. The molecule has 0 amide bonds. The largest absolute Gasteiger partial charge is 0.314 e. The lowest BCUT2D eigenvalue weighted by Crippen LogP contribution is -2.21. The van der Waals surface area contributed by atoms with Crippen LogP contribution in [0.15, 0.2) is 24.3 Å². The Balaban J connectivity index is 2.24. The molecule has 70 valence electrons. The molecule has 0 saturated carbocycles. The molecule has 0 bridgehead atoms. The molecule has 1 saturated heterocycles. The Labute approximate surface area is 80.2 Å². The third-order valence-corrected chi connectivity index (χ3v) is 3.00. The molecule has 1 nitrogen and oxygen atoms in total. The fraction of sp³-hybridized carbons (Fsp3) is 0.500. The predicted octanol–water partition coefficient (Wildman–Crippen LogP) is 2.46. The third kappa shape index (κ3) is 1.75. The Hall–Kier alpha value is -0.820. The van der Waals surface area contributed by atoms with E-state index in [4.69, 9.17) is 0 Å². The fourth-order valence-corrected chi connectivity index (χ4v) is 2.21. The van der Waals surface area contributed by atoms with Crippen LogP contribution in [0.2, 0.25) is 0 Å². The number of aryl methyl sites for hydroxylation is 1. The predicted molar refractivity (Wildman–Crippen MR) is 56.0 cm³/mol.